The molecule has 2 amide bonds. The zero-order valence-corrected chi connectivity index (χ0v) is 16.4. The first-order chi connectivity index (χ1) is 12.8. The van der Waals surface area contributed by atoms with Crippen molar-refractivity contribution in [1.29, 1.82) is 0 Å². The third-order valence-electron chi connectivity index (χ3n) is 6.67. The number of hydrogen-bond acceptors (Lipinski definition) is 3. The Bertz CT molecular complexity index is 765. The zero-order valence-electron chi connectivity index (χ0n) is 15.7. The summed E-state index contributed by atoms with van der Waals surface area (Å²) in [5.74, 6) is 0.743. The number of anilines is 1. The van der Waals surface area contributed by atoms with E-state index in [2.05, 4.69) is 10.6 Å². The summed E-state index contributed by atoms with van der Waals surface area (Å²) in [5, 5.41) is 17.0. The van der Waals surface area contributed by atoms with Gasteiger partial charge in [-0.05, 0) is 80.4 Å². The number of rotatable bonds is 5. The van der Waals surface area contributed by atoms with Crippen LogP contribution in [0, 0.1) is 24.2 Å². The van der Waals surface area contributed by atoms with Gasteiger partial charge in [0.05, 0.1) is 12.1 Å². The van der Waals surface area contributed by atoms with Crippen molar-refractivity contribution in [3.05, 3.63) is 28.8 Å². The summed E-state index contributed by atoms with van der Waals surface area (Å²) in [6.45, 7) is 1.78. The van der Waals surface area contributed by atoms with Gasteiger partial charge in [0.2, 0.25) is 11.8 Å². The minimum atomic E-state index is -0.564. The van der Waals surface area contributed by atoms with Gasteiger partial charge < -0.3 is 15.7 Å². The van der Waals surface area contributed by atoms with E-state index in [9.17, 15) is 14.7 Å². The Morgan fingerprint density at radius 3 is 2.56 bits per heavy atom. The van der Waals surface area contributed by atoms with E-state index in [1.54, 1.807) is 18.2 Å². The average Bonchev–Trinajstić information content (AvgIpc) is 2.54. The SMILES string of the molecule is Cc1c(Cl)cccc1NC(=O)CNC(=O)CC12CC3CC(CC(O)(C3)C1)C2. The molecule has 4 aliphatic rings. The standard InChI is InChI=1S/C21H27ClN2O3/c1-13-16(22)3-2-4-17(13)24-19(26)11-23-18(25)10-20-6-14-5-15(7-20)9-21(27,8-14)12-20/h2-4,14-15,27H,5-12H2,1H3,(H,23,25)(H,24,26). The number of amides is 2. The number of nitrogens with one attached hydrogen (secondary N) is 2. The van der Waals surface area contributed by atoms with Crippen molar-refractivity contribution in [2.45, 2.75) is 57.5 Å². The van der Waals surface area contributed by atoms with E-state index in [-0.39, 0.29) is 23.8 Å². The van der Waals surface area contributed by atoms with E-state index in [0.717, 1.165) is 37.7 Å². The van der Waals surface area contributed by atoms with Crippen LogP contribution in [0.3, 0.4) is 0 Å². The van der Waals surface area contributed by atoms with E-state index in [4.69, 9.17) is 11.6 Å². The summed E-state index contributed by atoms with van der Waals surface area (Å²) in [6.07, 6.45) is 6.20. The highest BCUT2D eigenvalue weighted by Crippen LogP contribution is 2.62. The van der Waals surface area contributed by atoms with Gasteiger partial charge in [-0.1, -0.05) is 17.7 Å². The van der Waals surface area contributed by atoms with Gasteiger partial charge in [-0.2, -0.15) is 0 Å². The van der Waals surface area contributed by atoms with Crippen LogP contribution in [0.5, 0.6) is 0 Å². The highest BCUT2D eigenvalue weighted by atomic mass is 35.5. The molecule has 6 heteroatoms. The Morgan fingerprint density at radius 2 is 1.89 bits per heavy atom. The third kappa shape index (κ3) is 3.85. The molecule has 4 fully saturated rings. The van der Waals surface area contributed by atoms with Crippen molar-refractivity contribution in [3.63, 3.8) is 0 Å². The topological polar surface area (TPSA) is 78.4 Å². The Labute approximate surface area is 164 Å². The first-order valence-electron chi connectivity index (χ1n) is 9.80. The molecule has 0 radical (unpaired) electrons. The Hall–Kier alpha value is -1.59. The predicted molar refractivity (Wildman–Crippen MR) is 105 cm³/mol. The van der Waals surface area contributed by atoms with E-state index < -0.39 is 5.60 Å². The molecular weight excluding hydrogens is 364 g/mol. The summed E-state index contributed by atoms with van der Waals surface area (Å²) >= 11 is 6.07. The molecule has 1 aromatic rings. The molecule has 3 N–H and O–H groups in total. The lowest BCUT2D eigenvalue weighted by atomic mass is 9.47. The predicted octanol–water partition coefficient (Wildman–Crippen LogP) is 3.42. The van der Waals surface area contributed by atoms with Crippen LogP contribution in [0.25, 0.3) is 0 Å². The average molecular weight is 391 g/mol. The third-order valence-corrected chi connectivity index (χ3v) is 7.08. The van der Waals surface area contributed by atoms with Crippen molar-refractivity contribution in [2.24, 2.45) is 17.3 Å². The molecular formula is C21H27ClN2O3. The van der Waals surface area contributed by atoms with E-state index in [0.29, 0.717) is 29.0 Å². The van der Waals surface area contributed by atoms with Crippen molar-refractivity contribution >= 4 is 29.1 Å². The second kappa shape index (κ2) is 6.78. The molecule has 0 aromatic heterocycles. The fraction of sp³-hybridized carbons (Fsp3) is 0.619. The quantitative estimate of drug-likeness (QED) is 0.720. The number of halogens is 1. The molecule has 0 spiro atoms. The van der Waals surface area contributed by atoms with Crippen molar-refractivity contribution in [2.75, 3.05) is 11.9 Å². The highest BCUT2D eigenvalue weighted by molar-refractivity contribution is 6.31. The lowest BCUT2D eigenvalue weighted by molar-refractivity contribution is -0.169. The van der Waals surface area contributed by atoms with Gasteiger partial charge in [-0.25, -0.2) is 0 Å². The van der Waals surface area contributed by atoms with Crippen molar-refractivity contribution in [3.8, 4) is 0 Å². The Kier molecular flexibility index (Phi) is 4.71. The maximum absolute atomic E-state index is 12.5. The maximum Gasteiger partial charge on any atom is 0.243 e. The van der Waals surface area contributed by atoms with Gasteiger partial charge >= 0.3 is 0 Å². The van der Waals surface area contributed by atoms with Crippen LogP contribution in [0.15, 0.2) is 18.2 Å². The minimum Gasteiger partial charge on any atom is -0.390 e. The normalized spacial score (nSPS) is 33.7. The molecule has 5 rings (SSSR count). The number of hydrogen-bond donors (Lipinski definition) is 3. The molecule has 27 heavy (non-hydrogen) atoms. The summed E-state index contributed by atoms with van der Waals surface area (Å²) in [6, 6.07) is 5.34. The minimum absolute atomic E-state index is 0.0575. The van der Waals surface area contributed by atoms with Crippen molar-refractivity contribution < 1.29 is 14.7 Å². The van der Waals surface area contributed by atoms with Crippen LogP contribution in [0.2, 0.25) is 5.02 Å². The second-order valence-electron chi connectivity index (χ2n) is 9.10. The molecule has 0 heterocycles. The fourth-order valence-corrected chi connectivity index (χ4v) is 6.30. The van der Waals surface area contributed by atoms with Gasteiger partial charge in [0.1, 0.15) is 0 Å². The molecule has 0 aliphatic heterocycles. The molecule has 5 nitrogen and oxygen atoms in total. The molecule has 4 aliphatic carbocycles. The van der Waals surface area contributed by atoms with Crippen molar-refractivity contribution in [1.82, 2.24) is 5.32 Å². The van der Waals surface area contributed by atoms with E-state index >= 15 is 0 Å². The lowest BCUT2D eigenvalue weighted by Gasteiger charge is -2.60. The maximum atomic E-state index is 12.5. The van der Waals surface area contributed by atoms with E-state index in [1.807, 2.05) is 6.92 Å². The van der Waals surface area contributed by atoms with Crippen LogP contribution >= 0.6 is 11.6 Å². The molecule has 0 saturated heterocycles. The first-order valence-corrected chi connectivity index (χ1v) is 10.2. The summed E-state index contributed by atoms with van der Waals surface area (Å²) in [5.41, 5.74) is 0.820. The van der Waals surface area contributed by atoms with Crippen LogP contribution in [-0.2, 0) is 9.59 Å². The lowest BCUT2D eigenvalue weighted by Crippen LogP contribution is -2.56. The number of carbonyl (C=O) groups is 2. The van der Waals surface area contributed by atoms with Gasteiger partial charge in [0.25, 0.3) is 0 Å². The van der Waals surface area contributed by atoms with Gasteiger partial charge in [-0.15, -0.1) is 0 Å². The molecule has 4 bridgehead atoms. The number of carbonyl (C=O) groups excluding carboxylic acids is 2. The number of aliphatic hydroxyl groups is 1. The monoisotopic (exact) mass is 390 g/mol. The molecule has 2 atom stereocenters. The zero-order chi connectivity index (χ0) is 19.2. The Morgan fingerprint density at radius 1 is 1.19 bits per heavy atom. The van der Waals surface area contributed by atoms with Gasteiger partial charge in [0.15, 0.2) is 0 Å². The van der Waals surface area contributed by atoms with Crippen LogP contribution < -0.4 is 10.6 Å². The molecule has 146 valence electrons. The van der Waals surface area contributed by atoms with Gasteiger partial charge in [-0.3, -0.25) is 9.59 Å². The highest BCUT2D eigenvalue weighted by Gasteiger charge is 2.57. The second-order valence-corrected chi connectivity index (χ2v) is 9.51. The molecule has 4 saturated carbocycles. The molecule has 2 unspecified atom stereocenters. The van der Waals surface area contributed by atoms with Crippen LogP contribution in [0.1, 0.15) is 50.5 Å². The smallest absolute Gasteiger partial charge is 0.243 e. The first kappa shape index (κ1) is 18.8. The van der Waals surface area contributed by atoms with E-state index in [1.165, 1.54) is 6.42 Å². The largest absolute Gasteiger partial charge is 0.390 e. The number of benzene rings is 1. The summed E-state index contributed by atoms with van der Waals surface area (Å²) in [7, 11) is 0. The summed E-state index contributed by atoms with van der Waals surface area (Å²) < 4.78 is 0. The summed E-state index contributed by atoms with van der Waals surface area (Å²) in [4.78, 5) is 24.7. The van der Waals surface area contributed by atoms with Crippen LogP contribution in [0.4, 0.5) is 5.69 Å². The molecule has 1 aromatic carbocycles. The fourth-order valence-electron chi connectivity index (χ4n) is 6.13. The van der Waals surface area contributed by atoms with Crippen LogP contribution in [-0.4, -0.2) is 29.1 Å². The van der Waals surface area contributed by atoms with Gasteiger partial charge in [0, 0.05) is 17.1 Å². The Balaban J connectivity index is 1.31.